The molecule has 0 heterocycles. The number of benzene rings is 3. The molecule has 0 aliphatic carbocycles. The topological polar surface area (TPSA) is 114 Å². The van der Waals surface area contributed by atoms with Crippen LogP contribution in [-0.2, 0) is 14.3 Å². The standard InChI is InChI=1S/C24H23N3O5/c1-32-22(29)15-26-24(31)18-7-4-8-20(14-18)27-21(28)11-12-25-23(30)19-10-9-16-5-2-3-6-17(16)13-19/h2-10,13-14H,11-12,15H2,1H3,(H,25,30)(H,26,31)(H,27,28). The maximum absolute atomic E-state index is 12.4. The van der Waals surface area contributed by atoms with E-state index in [1.807, 2.05) is 36.4 Å². The second-order valence-electron chi connectivity index (χ2n) is 6.96. The minimum absolute atomic E-state index is 0.0675. The molecule has 0 radical (unpaired) electrons. The molecule has 3 N–H and O–H groups in total. The van der Waals surface area contributed by atoms with E-state index in [1.54, 1.807) is 24.3 Å². The number of ether oxygens (including phenoxy) is 1. The first-order chi connectivity index (χ1) is 15.5. The zero-order valence-electron chi connectivity index (χ0n) is 17.5. The minimum atomic E-state index is -0.562. The Balaban J connectivity index is 1.48. The molecule has 0 spiro atoms. The van der Waals surface area contributed by atoms with Gasteiger partial charge >= 0.3 is 5.97 Å². The lowest BCUT2D eigenvalue weighted by atomic mass is 10.1. The molecule has 0 unspecified atom stereocenters. The SMILES string of the molecule is COC(=O)CNC(=O)c1cccc(NC(=O)CCNC(=O)c2ccc3ccccc3c2)c1. The molecule has 0 saturated heterocycles. The summed E-state index contributed by atoms with van der Waals surface area (Å²) in [4.78, 5) is 47.8. The van der Waals surface area contributed by atoms with E-state index < -0.39 is 11.9 Å². The Kier molecular flexibility index (Phi) is 7.53. The smallest absolute Gasteiger partial charge is 0.325 e. The number of methoxy groups -OCH3 is 1. The average Bonchev–Trinajstić information content (AvgIpc) is 2.82. The van der Waals surface area contributed by atoms with Crippen molar-refractivity contribution in [2.75, 3.05) is 25.5 Å². The molecule has 8 nitrogen and oxygen atoms in total. The van der Waals surface area contributed by atoms with Crippen molar-refractivity contribution in [1.82, 2.24) is 10.6 Å². The molecule has 0 bridgehead atoms. The summed E-state index contributed by atoms with van der Waals surface area (Å²) in [7, 11) is 1.23. The molecule has 0 fully saturated rings. The molecule has 0 aromatic heterocycles. The van der Waals surface area contributed by atoms with Crippen molar-refractivity contribution in [2.24, 2.45) is 0 Å². The van der Waals surface area contributed by atoms with Crippen LogP contribution < -0.4 is 16.0 Å². The lowest BCUT2D eigenvalue weighted by molar-refractivity contribution is -0.139. The quantitative estimate of drug-likeness (QED) is 0.473. The van der Waals surface area contributed by atoms with E-state index in [4.69, 9.17) is 0 Å². The summed E-state index contributed by atoms with van der Waals surface area (Å²) < 4.78 is 4.47. The predicted octanol–water partition coefficient (Wildman–Crippen LogP) is 2.50. The Morgan fingerprint density at radius 1 is 0.781 bits per heavy atom. The molecule has 0 aliphatic rings. The van der Waals surface area contributed by atoms with Crippen molar-refractivity contribution >= 4 is 40.2 Å². The van der Waals surface area contributed by atoms with Gasteiger partial charge in [-0.3, -0.25) is 19.2 Å². The summed E-state index contributed by atoms with van der Waals surface area (Å²) in [6, 6.07) is 19.5. The molecular weight excluding hydrogens is 410 g/mol. The van der Waals surface area contributed by atoms with Gasteiger partial charge in [0.1, 0.15) is 6.54 Å². The zero-order chi connectivity index (χ0) is 22.9. The average molecular weight is 433 g/mol. The molecule has 3 rings (SSSR count). The van der Waals surface area contributed by atoms with Gasteiger partial charge in [0, 0.05) is 29.8 Å². The molecule has 164 valence electrons. The van der Waals surface area contributed by atoms with Crippen molar-refractivity contribution in [3.05, 3.63) is 77.9 Å². The van der Waals surface area contributed by atoms with Gasteiger partial charge in [-0.05, 0) is 41.1 Å². The van der Waals surface area contributed by atoms with Gasteiger partial charge in [0.05, 0.1) is 7.11 Å². The van der Waals surface area contributed by atoms with Crippen LogP contribution in [0.3, 0.4) is 0 Å². The number of esters is 1. The Bertz CT molecular complexity index is 1160. The Labute approximate surface area is 184 Å². The Morgan fingerprint density at radius 2 is 1.50 bits per heavy atom. The lowest BCUT2D eigenvalue weighted by Crippen LogP contribution is -2.30. The zero-order valence-corrected chi connectivity index (χ0v) is 17.5. The molecule has 0 atom stereocenters. The molecule has 3 aromatic carbocycles. The van der Waals surface area contributed by atoms with Gasteiger partial charge in [0.25, 0.3) is 11.8 Å². The number of anilines is 1. The normalized spacial score (nSPS) is 10.3. The Hall–Kier alpha value is -4.20. The largest absolute Gasteiger partial charge is 0.468 e. The maximum atomic E-state index is 12.4. The van der Waals surface area contributed by atoms with Crippen molar-refractivity contribution < 1.29 is 23.9 Å². The van der Waals surface area contributed by atoms with E-state index in [0.717, 1.165) is 10.8 Å². The number of carbonyl (C=O) groups is 4. The third-order valence-corrected chi connectivity index (χ3v) is 4.68. The summed E-state index contributed by atoms with van der Waals surface area (Å²) >= 11 is 0. The van der Waals surface area contributed by atoms with Crippen LogP contribution in [0.25, 0.3) is 10.8 Å². The number of fused-ring (bicyclic) bond motifs is 1. The highest BCUT2D eigenvalue weighted by Gasteiger charge is 2.11. The molecule has 32 heavy (non-hydrogen) atoms. The number of carbonyl (C=O) groups excluding carboxylic acids is 4. The fraction of sp³-hybridized carbons (Fsp3) is 0.167. The second kappa shape index (κ2) is 10.7. The number of hydrogen-bond acceptors (Lipinski definition) is 5. The van der Waals surface area contributed by atoms with Crippen LogP contribution in [0, 0.1) is 0 Å². The molecule has 3 amide bonds. The summed E-state index contributed by atoms with van der Waals surface area (Å²) in [5.41, 5.74) is 1.24. The minimum Gasteiger partial charge on any atom is -0.468 e. The third kappa shape index (κ3) is 6.15. The first-order valence-corrected chi connectivity index (χ1v) is 9.98. The van der Waals surface area contributed by atoms with Gasteiger partial charge in [-0.1, -0.05) is 36.4 Å². The molecule has 0 saturated carbocycles. The van der Waals surface area contributed by atoms with Gasteiger partial charge < -0.3 is 20.7 Å². The van der Waals surface area contributed by atoms with Crippen molar-refractivity contribution in [3.63, 3.8) is 0 Å². The summed E-state index contributed by atoms with van der Waals surface area (Å²) in [5.74, 6) is -1.59. The van der Waals surface area contributed by atoms with Gasteiger partial charge in [-0.2, -0.15) is 0 Å². The van der Waals surface area contributed by atoms with Crippen LogP contribution in [0.4, 0.5) is 5.69 Å². The van der Waals surface area contributed by atoms with E-state index in [1.165, 1.54) is 13.2 Å². The number of hydrogen-bond donors (Lipinski definition) is 3. The fourth-order valence-corrected chi connectivity index (χ4v) is 3.01. The lowest BCUT2D eigenvalue weighted by Gasteiger charge is -2.09. The number of rotatable bonds is 8. The van der Waals surface area contributed by atoms with Gasteiger partial charge in [-0.25, -0.2) is 0 Å². The first-order valence-electron chi connectivity index (χ1n) is 9.98. The second-order valence-corrected chi connectivity index (χ2v) is 6.96. The van der Waals surface area contributed by atoms with E-state index in [2.05, 4.69) is 20.7 Å². The van der Waals surface area contributed by atoms with Crippen LogP contribution in [0.1, 0.15) is 27.1 Å². The van der Waals surface area contributed by atoms with E-state index in [0.29, 0.717) is 11.3 Å². The van der Waals surface area contributed by atoms with Crippen LogP contribution >= 0.6 is 0 Å². The van der Waals surface area contributed by atoms with Crippen molar-refractivity contribution in [1.29, 1.82) is 0 Å². The van der Waals surface area contributed by atoms with E-state index >= 15 is 0 Å². The Morgan fingerprint density at radius 3 is 2.28 bits per heavy atom. The summed E-state index contributed by atoms with van der Waals surface area (Å²) in [6.45, 7) is -0.0837. The van der Waals surface area contributed by atoms with Gasteiger partial charge in [0.2, 0.25) is 5.91 Å². The maximum Gasteiger partial charge on any atom is 0.325 e. The number of nitrogens with one attached hydrogen (secondary N) is 3. The fourth-order valence-electron chi connectivity index (χ4n) is 3.01. The molecule has 0 aliphatic heterocycles. The van der Waals surface area contributed by atoms with Crippen LogP contribution in [0.2, 0.25) is 0 Å². The van der Waals surface area contributed by atoms with Gasteiger partial charge in [-0.15, -0.1) is 0 Å². The van der Waals surface area contributed by atoms with Crippen molar-refractivity contribution in [2.45, 2.75) is 6.42 Å². The first kappa shape index (κ1) is 22.5. The molecule has 8 heteroatoms. The highest BCUT2D eigenvalue weighted by atomic mass is 16.5. The monoisotopic (exact) mass is 433 g/mol. The van der Waals surface area contributed by atoms with E-state index in [9.17, 15) is 19.2 Å². The highest BCUT2D eigenvalue weighted by Crippen LogP contribution is 2.15. The summed E-state index contributed by atoms with van der Waals surface area (Å²) in [6.07, 6.45) is 0.0675. The van der Waals surface area contributed by atoms with Crippen LogP contribution in [0.15, 0.2) is 66.7 Å². The third-order valence-electron chi connectivity index (χ3n) is 4.68. The van der Waals surface area contributed by atoms with Crippen LogP contribution in [-0.4, -0.2) is 43.9 Å². The molecular formula is C24H23N3O5. The number of amides is 3. The van der Waals surface area contributed by atoms with Crippen molar-refractivity contribution in [3.8, 4) is 0 Å². The van der Waals surface area contributed by atoms with E-state index in [-0.39, 0.29) is 36.9 Å². The highest BCUT2D eigenvalue weighted by molar-refractivity contribution is 6.00. The van der Waals surface area contributed by atoms with Crippen LogP contribution in [0.5, 0.6) is 0 Å². The predicted molar refractivity (Wildman–Crippen MR) is 120 cm³/mol. The molecule has 3 aromatic rings. The summed E-state index contributed by atoms with van der Waals surface area (Å²) in [5, 5.41) is 9.87. The van der Waals surface area contributed by atoms with Gasteiger partial charge in [0.15, 0.2) is 0 Å².